The van der Waals surface area contributed by atoms with E-state index in [1.54, 1.807) is 18.0 Å². The van der Waals surface area contributed by atoms with Gasteiger partial charge in [0.15, 0.2) is 0 Å². The first-order chi connectivity index (χ1) is 8.67. The number of rotatable bonds is 4. The largest absolute Gasteiger partial charge is 0.481 e. The van der Waals surface area contributed by atoms with Gasteiger partial charge < -0.3 is 9.84 Å². The molecule has 96 valence electrons. The zero-order valence-corrected chi connectivity index (χ0v) is 10.9. The molecule has 0 unspecified atom stereocenters. The Labute approximate surface area is 107 Å². The molecule has 1 aromatic heterocycles. The summed E-state index contributed by atoms with van der Waals surface area (Å²) in [6.07, 6.45) is 1.62. The minimum Gasteiger partial charge on any atom is -0.481 e. The summed E-state index contributed by atoms with van der Waals surface area (Å²) in [5, 5.41) is 13.4. The highest BCUT2D eigenvalue weighted by Crippen LogP contribution is 2.23. The quantitative estimate of drug-likeness (QED) is 0.901. The van der Waals surface area contributed by atoms with Crippen LogP contribution in [0.2, 0.25) is 0 Å². The normalized spacial score (nSPS) is 10.9. The summed E-state index contributed by atoms with van der Waals surface area (Å²) in [4.78, 5) is 0. The van der Waals surface area contributed by atoms with Crippen molar-refractivity contribution >= 4 is 0 Å². The van der Waals surface area contributed by atoms with Crippen LogP contribution in [0.3, 0.4) is 0 Å². The molecule has 0 radical (unpaired) electrons. The van der Waals surface area contributed by atoms with Crippen molar-refractivity contribution < 1.29 is 9.84 Å². The van der Waals surface area contributed by atoms with Crippen LogP contribution in [0.25, 0.3) is 5.69 Å². The van der Waals surface area contributed by atoms with Crippen LogP contribution in [0.15, 0.2) is 30.5 Å². The third-order valence-electron chi connectivity index (χ3n) is 2.96. The highest BCUT2D eigenvalue weighted by molar-refractivity contribution is 5.40. The molecule has 0 amide bonds. The van der Waals surface area contributed by atoms with Crippen LogP contribution < -0.4 is 4.74 Å². The van der Waals surface area contributed by atoms with E-state index in [0.29, 0.717) is 17.4 Å². The van der Waals surface area contributed by atoms with Crippen molar-refractivity contribution in [3.63, 3.8) is 0 Å². The zero-order valence-electron chi connectivity index (χ0n) is 10.9. The van der Waals surface area contributed by atoms with E-state index >= 15 is 0 Å². The molecule has 0 bridgehead atoms. The van der Waals surface area contributed by atoms with Gasteiger partial charge in [-0.05, 0) is 23.6 Å². The standard InChI is InChI=1S/C14H18N2O2/c1-10(2)11-4-6-13(7-5-11)16-14(18-3)12(9-17)8-15-16/h4-8,10,17H,9H2,1-3H3. The smallest absolute Gasteiger partial charge is 0.222 e. The number of hydrogen-bond acceptors (Lipinski definition) is 3. The number of benzene rings is 1. The van der Waals surface area contributed by atoms with Crippen molar-refractivity contribution in [3.8, 4) is 11.6 Å². The van der Waals surface area contributed by atoms with Gasteiger partial charge in [0.2, 0.25) is 5.88 Å². The molecule has 0 fully saturated rings. The van der Waals surface area contributed by atoms with E-state index in [4.69, 9.17) is 4.74 Å². The Morgan fingerprint density at radius 1 is 1.28 bits per heavy atom. The Morgan fingerprint density at radius 3 is 2.44 bits per heavy atom. The molecule has 0 aliphatic rings. The van der Waals surface area contributed by atoms with Crippen LogP contribution in [0.4, 0.5) is 0 Å². The third kappa shape index (κ3) is 2.24. The molecule has 4 heteroatoms. The van der Waals surface area contributed by atoms with E-state index in [9.17, 15) is 5.11 Å². The predicted molar refractivity (Wildman–Crippen MR) is 70.1 cm³/mol. The Hall–Kier alpha value is -1.81. The first-order valence-electron chi connectivity index (χ1n) is 5.99. The molecule has 2 rings (SSSR count). The fourth-order valence-electron chi connectivity index (χ4n) is 1.88. The van der Waals surface area contributed by atoms with E-state index in [1.165, 1.54) is 5.56 Å². The average molecular weight is 246 g/mol. The average Bonchev–Trinajstić information content (AvgIpc) is 2.81. The molecule has 0 saturated carbocycles. The molecule has 1 heterocycles. The summed E-state index contributed by atoms with van der Waals surface area (Å²) in [5.74, 6) is 1.08. The second-order valence-electron chi connectivity index (χ2n) is 4.50. The molecule has 2 aromatic rings. The van der Waals surface area contributed by atoms with Gasteiger partial charge in [-0.15, -0.1) is 0 Å². The predicted octanol–water partition coefficient (Wildman–Crippen LogP) is 2.50. The van der Waals surface area contributed by atoms with E-state index in [-0.39, 0.29) is 6.61 Å². The monoisotopic (exact) mass is 246 g/mol. The first-order valence-corrected chi connectivity index (χ1v) is 5.99. The van der Waals surface area contributed by atoms with Gasteiger partial charge in [-0.3, -0.25) is 0 Å². The van der Waals surface area contributed by atoms with Crippen LogP contribution in [0.5, 0.6) is 5.88 Å². The summed E-state index contributed by atoms with van der Waals surface area (Å²) < 4.78 is 6.97. The van der Waals surface area contributed by atoms with Gasteiger partial charge in [0, 0.05) is 0 Å². The van der Waals surface area contributed by atoms with Crippen LogP contribution >= 0.6 is 0 Å². The first kappa shape index (κ1) is 12.6. The lowest BCUT2D eigenvalue weighted by molar-refractivity contribution is 0.272. The highest BCUT2D eigenvalue weighted by atomic mass is 16.5. The van der Waals surface area contributed by atoms with E-state index < -0.39 is 0 Å². The molecular formula is C14H18N2O2. The SMILES string of the molecule is COc1c(CO)cnn1-c1ccc(C(C)C)cc1. The van der Waals surface area contributed by atoms with Crippen molar-refractivity contribution in [2.75, 3.05) is 7.11 Å². The summed E-state index contributed by atoms with van der Waals surface area (Å²) in [5.41, 5.74) is 2.90. The Bertz CT molecular complexity index is 515. The van der Waals surface area contributed by atoms with Crippen LogP contribution in [-0.2, 0) is 6.61 Å². The van der Waals surface area contributed by atoms with E-state index in [2.05, 4.69) is 31.1 Å². The van der Waals surface area contributed by atoms with Crippen molar-refractivity contribution in [1.82, 2.24) is 9.78 Å². The molecule has 1 aromatic carbocycles. The minimum absolute atomic E-state index is 0.0761. The maximum Gasteiger partial charge on any atom is 0.222 e. The van der Waals surface area contributed by atoms with Gasteiger partial charge in [-0.1, -0.05) is 26.0 Å². The lowest BCUT2D eigenvalue weighted by atomic mass is 10.0. The summed E-state index contributed by atoms with van der Waals surface area (Å²) >= 11 is 0. The van der Waals surface area contributed by atoms with Gasteiger partial charge >= 0.3 is 0 Å². The molecular weight excluding hydrogens is 228 g/mol. The lowest BCUT2D eigenvalue weighted by Gasteiger charge is -2.09. The number of aliphatic hydroxyl groups is 1. The maximum absolute atomic E-state index is 9.19. The number of nitrogens with zero attached hydrogens (tertiary/aromatic N) is 2. The molecule has 0 aliphatic heterocycles. The van der Waals surface area contributed by atoms with Crippen molar-refractivity contribution in [3.05, 3.63) is 41.6 Å². The highest BCUT2D eigenvalue weighted by Gasteiger charge is 2.12. The lowest BCUT2D eigenvalue weighted by Crippen LogP contribution is -2.01. The molecule has 0 atom stereocenters. The maximum atomic E-state index is 9.19. The van der Waals surface area contributed by atoms with Gasteiger partial charge in [-0.25, -0.2) is 4.68 Å². The van der Waals surface area contributed by atoms with Crippen molar-refractivity contribution in [1.29, 1.82) is 0 Å². The van der Waals surface area contributed by atoms with Gasteiger partial charge in [0.25, 0.3) is 0 Å². The number of aliphatic hydroxyl groups excluding tert-OH is 1. The van der Waals surface area contributed by atoms with E-state index in [1.807, 2.05) is 12.1 Å². The summed E-state index contributed by atoms with van der Waals surface area (Å²) in [6, 6.07) is 8.18. The van der Waals surface area contributed by atoms with Crippen molar-refractivity contribution in [2.45, 2.75) is 26.4 Å². The number of hydrogen-bond donors (Lipinski definition) is 1. The summed E-state index contributed by atoms with van der Waals surface area (Å²) in [7, 11) is 1.58. The van der Waals surface area contributed by atoms with Crippen LogP contribution in [0.1, 0.15) is 30.9 Å². The molecule has 0 saturated heterocycles. The van der Waals surface area contributed by atoms with Gasteiger partial charge in [0.1, 0.15) is 0 Å². The van der Waals surface area contributed by atoms with Crippen molar-refractivity contribution in [2.24, 2.45) is 0 Å². The minimum atomic E-state index is -0.0761. The molecule has 0 spiro atoms. The number of aromatic nitrogens is 2. The van der Waals surface area contributed by atoms with E-state index in [0.717, 1.165) is 5.69 Å². The second kappa shape index (κ2) is 5.23. The zero-order chi connectivity index (χ0) is 13.1. The van der Waals surface area contributed by atoms with Crippen LogP contribution in [-0.4, -0.2) is 22.0 Å². The fraction of sp³-hybridized carbons (Fsp3) is 0.357. The second-order valence-corrected chi connectivity index (χ2v) is 4.50. The third-order valence-corrected chi connectivity index (χ3v) is 2.96. The molecule has 4 nitrogen and oxygen atoms in total. The Kier molecular flexibility index (Phi) is 3.67. The molecule has 1 N–H and O–H groups in total. The van der Waals surface area contributed by atoms with Crippen LogP contribution in [0, 0.1) is 0 Å². The molecule has 0 aliphatic carbocycles. The van der Waals surface area contributed by atoms with Gasteiger partial charge in [-0.2, -0.15) is 5.10 Å². The topological polar surface area (TPSA) is 47.3 Å². The summed E-state index contributed by atoms with van der Waals surface area (Å²) in [6.45, 7) is 4.24. The molecule has 18 heavy (non-hydrogen) atoms. The van der Waals surface area contributed by atoms with Gasteiger partial charge in [0.05, 0.1) is 31.2 Å². The number of ether oxygens (including phenoxy) is 1. The Balaban J connectivity index is 2.39. The Morgan fingerprint density at radius 2 is 1.94 bits per heavy atom. The number of methoxy groups -OCH3 is 1. The fourth-order valence-corrected chi connectivity index (χ4v) is 1.88.